The predicted molar refractivity (Wildman–Crippen MR) is 141 cm³/mol. The van der Waals surface area contributed by atoms with Crippen molar-refractivity contribution in [3.05, 3.63) is 66.5 Å². The van der Waals surface area contributed by atoms with Crippen molar-refractivity contribution in [3.63, 3.8) is 0 Å². The van der Waals surface area contributed by atoms with Gasteiger partial charge in [-0.2, -0.15) is 0 Å². The lowest BCUT2D eigenvalue weighted by Gasteiger charge is -2.24. The molecule has 0 saturated carbocycles. The number of amides is 2. The van der Waals surface area contributed by atoms with E-state index in [1.165, 1.54) is 7.11 Å². The number of aromatic nitrogens is 2. The second kappa shape index (κ2) is 10.3. The summed E-state index contributed by atoms with van der Waals surface area (Å²) in [6.07, 6.45) is 4.53. The Labute approximate surface area is 214 Å². The molecule has 1 aliphatic heterocycles. The largest absolute Gasteiger partial charge is 0.496 e. The molecule has 0 spiro atoms. The first-order valence-electron chi connectivity index (χ1n) is 12.1. The van der Waals surface area contributed by atoms with Crippen LogP contribution in [0, 0.1) is 0 Å². The fourth-order valence-electron chi connectivity index (χ4n) is 4.87. The van der Waals surface area contributed by atoms with Gasteiger partial charge in [0, 0.05) is 41.0 Å². The number of nitrogens with zero attached hydrogens (tertiary/aromatic N) is 2. The van der Waals surface area contributed by atoms with Crippen LogP contribution in [0.3, 0.4) is 0 Å². The fourth-order valence-corrected chi connectivity index (χ4v) is 4.87. The molecule has 2 aromatic carbocycles. The Morgan fingerprint density at radius 2 is 1.97 bits per heavy atom. The van der Waals surface area contributed by atoms with Crippen molar-refractivity contribution < 1.29 is 24.2 Å². The van der Waals surface area contributed by atoms with Crippen LogP contribution in [-0.4, -0.2) is 65.4 Å². The average Bonchev–Trinajstić information content (AvgIpc) is 3.59. The van der Waals surface area contributed by atoms with Crippen molar-refractivity contribution in [2.45, 2.75) is 18.9 Å². The first-order chi connectivity index (χ1) is 18.0. The Hall–Kier alpha value is -4.37. The van der Waals surface area contributed by atoms with Crippen LogP contribution >= 0.6 is 0 Å². The Balaban J connectivity index is 1.59. The van der Waals surface area contributed by atoms with E-state index in [1.54, 1.807) is 30.3 Å². The second-order valence-corrected chi connectivity index (χ2v) is 8.88. The van der Waals surface area contributed by atoms with Crippen molar-refractivity contribution in [3.8, 4) is 28.0 Å². The van der Waals surface area contributed by atoms with Crippen molar-refractivity contribution >= 4 is 28.7 Å². The number of aliphatic hydroxyl groups is 1. The molecule has 1 fully saturated rings. The van der Waals surface area contributed by atoms with Crippen molar-refractivity contribution in [1.29, 1.82) is 0 Å². The zero-order valence-corrected chi connectivity index (χ0v) is 20.7. The summed E-state index contributed by atoms with van der Waals surface area (Å²) >= 11 is 0. The molecule has 0 bridgehead atoms. The third-order valence-electron chi connectivity index (χ3n) is 6.78. The van der Waals surface area contributed by atoms with Crippen LogP contribution in [0.4, 0.5) is 10.5 Å². The quantitative estimate of drug-likeness (QED) is 0.354. The minimum absolute atomic E-state index is 0.106. The predicted octanol–water partition coefficient (Wildman–Crippen LogP) is 4.68. The number of carbonyl (C=O) groups is 2. The van der Waals surface area contributed by atoms with Gasteiger partial charge < -0.3 is 24.5 Å². The molecule has 3 N–H and O–H groups in total. The highest BCUT2D eigenvalue weighted by Gasteiger charge is 2.30. The summed E-state index contributed by atoms with van der Waals surface area (Å²) in [7, 11) is 2.91. The van der Waals surface area contributed by atoms with Crippen LogP contribution in [-0.2, 0) is 4.74 Å². The smallest absolute Gasteiger partial charge is 0.411 e. The van der Waals surface area contributed by atoms with Gasteiger partial charge in [0.2, 0.25) is 0 Å². The zero-order chi connectivity index (χ0) is 25.9. The number of hydrogen-bond acceptors (Lipinski definition) is 6. The number of aromatic amines is 1. The molecule has 3 heterocycles. The van der Waals surface area contributed by atoms with E-state index < -0.39 is 6.09 Å². The van der Waals surface area contributed by atoms with E-state index in [1.807, 2.05) is 42.6 Å². The first kappa shape index (κ1) is 24.3. The van der Waals surface area contributed by atoms with Gasteiger partial charge in [-0.1, -0.05) is 24.3 Å². The van der Waals surface area contributed by atoms with Crippen molar-refractivity contribution in [2.24, 2.45) is 0 Å². The van der Waals surface area contributed by atoms with Crippen molar-refractivity contribution in [2.75, 3.05) is 32.7 Å². The molecule has 0 unspecified atom stereocenters. The number of pyridine rings is 1. The summed E-state index contributed by atoms with van der Waals surface area (Å²) in [4.78, 5) is 35.0. The number of hydrogen-bond donors (Lipinski definition) is 3. The molecule has 190 valence electrons. The SMILES string of the molecule is COC(=O)Nc1ccc(-c2cnc3[nH]cc(-c4ccccc4OC)c3c2)cc1C(=O)N1CCC[C@H]1CO. The summed E-state index contributed by atoms with van der Waals surface area (Å²) in [5, 5.41) is 13.3. The molecule has 9 nitrogen and oxygen atoms in total. The van der Waals surface area contributed by atoms with Gasteiger partial charge in [0.25, 0.3) is 5.91 Å². The summed E-state index contributed by atoms with van der Waals surface area (Å²) < 4.78 is 10.3. The fraction of sp³-hybridized carbons (Fsp3) is 0.250. The lowest BCUT2D eigenvalue weighted by atomic mass is 9.99. The molecule has 0 aliphatic carbocycles. The van der Waals surface area contributed by atoms with Crippen LogP contribution in [0.5, 0.6) is 5.75 Å². The van der Waals surface area contributed by atoms with E-state index >= 15 is 0 Å². The number of para-hydroxylation sites is 1. The number of nitrogens with one attached hydrogen (secondary N) is 2. The number of benzene rings is 2. The number of rotatable bonds is 6. The summed E-state index contributed by atoms with van der Waals surface area (Å²) in [5.74, 6) is 0.499. The Bertz CT molecular complexity index is 1460. The van der Waals surface area contributed by atoms with E-state index in [9.17, 15) is 14.7 Å². The monoisotopic (exact) mass is 500 g/mol. The third kappa shape index (κ3) is 4.61. The topological polar surface area (TPSA) is 117 Å². The summed E-state index contributed by atoms with van der Waals surface area (Å²) in [6.45, 7) is 0.441. The number of fused-ring (bicyclic) bond motifs is 1. The molecule has 2 amide bonds. The minimum Gasteiger partial charge on any atom is -0.496 e. The molecule has 1 saturated heterocycles. The van der Waals surface area contributed by atoms with Gasteiger partial charge in [-0.05, 0) is 42.7 Å². The molecular formula is C28H28N4O5. The number of carbonyl (C=O) groups excluding carboxylic acids is 2. The highest BCUT2D eigenvalue weighted by atomic mass is 16.5. The molecule has 2 aromatic heterocycles. The number of ether oxygens (including phenoxy) is 2. The van der Waals surface area contributed by atoms with E-state index in [0.29, 0.717) is 17.8 Å². The number of methoxy groups -OCH3 is 2. The number of aliphatic hydroxyl groups excluding tert-OH is 1. The Morgan fingerprint density at radius 3 is 2.76 bits per heavy atom. The van der Waals surface area contributed by atoms with Gasteiger partial charge in [-0.25, -0.2) is 9.78 Å². The van der Waals surface area contributed by atoms with Crippen LogP contribution in [0.25, 0.3) is 33.3 Å². The average molecular weight is 501 g/mol. The molecule has 4 aromatic rings. The minimum atomic E-state index is -0.668. The highest BCUT2D eigenvalue weighted by molar-refractivity contribution is 6.04. The van der Waals surface area contributed by atoms with Crippen LogP contribution in [0.1, 0.15) is 23.2 Å². The number of likely N-dealkylation sites (tertiary alicyclic amines) is 1. The second-order valence-electron chi connectivity index (χ2n) is 8.88. The Morgan fingerprint density at radius 1 is 1.14 bits per heavy atom. The number of anilines is 1. The molecule has 5 rings (SSSR count). The highest BCUT2D eigenvalue weighted by Crippen LogP contribution is 2.36. The third-order valence-corrected chi connectivity index (χ3v) is 6.78. The Kier molecular flexibility index (Phi) is 6.78. The lowest BCUT2D eigenvalue weighted by Crippen LogP contribution is -2.38. The maximum Gasteiger partial charge on any atom is 0.411 e. The van der Waals surface area contributed by atoms with E-state index in [0.717, 1.165) is 51.9 Å². The maximum absolute atomic E-state index is 13.6. The van der Waals surface area contributed by atoms with E-state index in [-0.39, 0.29) is 18.6 Å². The van der Waals surface area contributed by atoms with E-state index in [4.69, 9.17) is 9.47 Å². The molecule has 0 radical (unpaired) electrons. The van der Waals surface area contributed by atoms with Gasteiger partial charge in [0.1, 0.15) is 11.4 Å². The van der Waals surface area contributed by atoms with Crippen LogP contribution in [0.2, 0.25) is 0 Å². The zero-order valence-electron chi connectivity index (χ0n) is 20.7. The first-order valence-corrected chi connectivity index (χ1v) is 12.1. The molecule has 1 atom stereocenters. The molecular weight excluding hydrogens is 472 g/mol. The summed E-state index contributed by atoms with van der Waals surface area (Å²) in [6, 6.07) is 14.8. The van der Waals surface area contributed by atoms with Crippen LogP contribution < -0.4 is 10.1 Å². The number of H-pyrrole nitrogens is 1. The van der Waals surface area contributed by atoms with Gasteiger partial charge >= 0.3 is 6.09 Å². The van der Waals surface area contributed by atoms with Gasteiger partial charge in [-0.3, -0.25) is 10.1 Å². The normalized spacial score (nSPS) is 15.1. The summed E-state index contributed by atoms with van der Waals surface area (Å²) in [5.41, 5.74) is 4.85. The van der Waals surface area contributed by atoms with Crippen molar-refractivity contribution in [1.82, 2.24) is 14.9 Å². The molecule has 9 heteroatoms. The van der Waals surface area contributed by atoms with Gasteiger partial charge in [-0.15, -0.1) is 0 Å². The molecule has 1 aliphatic rings. The molecule has 37 heavy (non-hydrogen) atoms. The standard InChI is InChI=1S/C28H28N4O5/c1-36-25-8-4-3-7-20(25)23-15-30-26-21(23)13-18(14-29-26)17-9-10-24(31-28(35)37-2)22(12-17)27(34)32-11-5-6-19(32)16-33/h3-4,7-10,12-15,19,33H,5-6,11,16H2,1-2H3,(H,29,30)(H,31,35)/t19-/m0/s1. The maximum atomic E-state index is 13.6. The van der Waals surface area contributed by atoms with Gasteiger partial charge in [0.15, 0.2) is 0 Å². The van der Waals surface area contributed by atoms with E-state index in [2.05, 4.69) is 15.3 Å². The lowest BCUT2D eigenvalue weighted by molar-refractivity contribution is 0.0678. The van der Waals surface area contributed by atoms with Crippen LogP contribution in [0.15, 0.2) is 60.9 Å². The van der Waals surface area contributed by atoms with Gasteiger partial charge in [0.05, 0.1) is 38.1 Å².